The second-order valence-electron chi connectivity index (χ2n) is 5.83. The number of likely N-dealkylation sites (tertiary alicyclic amines) is 1. The highest BCUT2D eigenvalue weighted by Gasteiger charge is 2.19. The van der Waals surface area contributed by atoms with Crippen LogP contribution in [0.25, 0.3) is 0 Å². The lowest BCUT2D eigenvalue weighted by Crippen LogP contribution is -2.39. The molecule has 1 aromatic rings. The molecule has 1 saturated heterocycles. The molecular formula is C17H28N2O2. The first-order valence-electron chi connectivity index (χ1n) is 7.85. The van der Waals surface area contributed by atoms with Gasteiger partial charge in [-0.15, -0.1) is 0 Å². The number of nitrogens with zero attached hydrogens (tertiary/aromatic N) is 1. The summed E-state index contributed by atoms with van der Waals surface area (Å²) in [5.41, 5.74) is 1.14. The number of hydrogen-bond donors (Lipinski definition) is 1. The summed E-state index contributed by atoms with van der Waals surface area (Å²) in [5.74, 6) is 1.77. The minimum absolute atomic E-state index is 0.236. The van der Waals surface area contributed by atoms with Gasteiger partial charge in [0.1, 0.15) is 11.5 Å². The van der Waals surface area contributed by atoms with Crippen LogP contribution in [0.15, 0.2) is 18.2 Å². The predicted octanol–water partition coefficient (Wildman–Crippen LogP) is 2.84. The highest BCUT2D eigenvalue weighted by atomic mass is 16.5. The summed E-state index contributed by atoms with van der Waals surface area (Å²) in [4.78, 5) is 2.56. The monoisotopic (exact) mass is 292 g/mol. The third-order valence-corrected chi connectivity index (χ3v) is 4.39. The molecule has 1 aromatic carbocycles. The van der Waals surface area contributed by atoms with Crippen LogP contribution >= 0.6 is 0 Å². The van der Waals surface area contributed by atoms with Crippen molar-refractivity contribution in [2.45, 2.75) is 38.8 Å². The molecule has 0 amide bonds. The number of benzene rings is 1. The van der Waals surface area contributed by atoms with Crippen molar-refractivity contribution in [1.29, 1.82) is 0 Å². The molecule has 2 atom stereocenters. The van der Waals surface area contributed by atoms with Gasteiger partial charge < -0.3 is 14.8 Å². The molecule has 1 heterocycles. The standard InChI is InChI=1S/C17H28N2O2/c1-13(19-9-5-6-10-19)12-18-14(2)16-11-15(20-3)7-8-17(16)21-4/h7-8,11,13-14,18H,5-6,9-10,12H2,1-4H3. The topological polar surface area (TPSA) is 33.7 Å². The van der Waals surface area contributed by atoms with Crippen molar-refractivity contribution < 1.29 is 9.47 Å². The molecule has 0 radical (unpaired) electrons. The van der Waals surface area contributed by atoms with E-state index >= 15 is 0 Å². The first-order valence-corrected chi connectivity index (χ1v) is 7.85. The van der Waals surface area contributed by atoms with E-state index in [9.17, 15) is 0 Å². The number of methoxy groups -OCH3 is 2. The van der Waals surface area contributed by atoms with E-state index in [-0.39, 0.29) is 6.04 Å². The zero-order valence-corrected chi connectivity index (χ0v) is 13.7. The Bertz CT molecular complexity index is 444. The summed E-state index contributed by atoms with van der Waals surface area (Å²) in [6, 6.07) is 6.77. The van der Waals surface area contributed by atoms with Crippen LogP contribution in [0.5, 0.6) is 11.5 Å². The number of rotatable bonds is 7. The zero-order valence-electron chi connectivity index (χ0n) is 13.7. The van der Waals surface area contributed by atoms with Gasteiger partial charge in [-0.25, -0.2) is 0 Å². The molecule has 4 nitrogen and oxygen atoms in total. The summed E-state index contributed by atoms with van der Waals surface area (Å²) >= 11 is 0. The molecule has 4 heteroatoms. The van der Waals surface area contributed by atoms with E-state index in [1.54, 1.807) is 14.2 Å². The van der Waals surface area contributed by atoms with Gasteiger partial charge in [0.2, 0.25) is 0 Å². The van der Waals surface area contributed by atoms with E-state index in [2.05, 4.69) is 30.1 Å². The fourth-order valence-corrected chi connectivity index (χ4v) is 2.95. The Morgan fingerprint density at radius 2 is 1.86 bits per heavy atom. The molecule has 21 heavy (non-hydrogen) atoms. The van der Waals surface area contributed by atoms with Gasteiger partial charge in [0.15, 0.2) is 0 Å². The quantitative estimate of drug-likeness (QED) is 0.838. The fraction of sp³-hybridized carbons (Fsp3) is 0.647. The first kappa shape index (κ1) is 16.1. The average molecular weight is 292 g/mol. The van der Waals surface area contributed by atoms with Crippen molar-refractivity contribution in [2.75, 3.05) is 33.9 Å². The molecule has 1 aliphatic rings. The molecule has 0 aromatic heterocycles. The minimum Gasteiger partial charge on any atom is -0.497 e. The van der Waals surface area contributed by atoms with Crippen molar-refractivity contribution in [3.8, 4) is 11.5 Å². The maximum atomic E-state index is 5.47. The fourth-order valence-electron chi connectivity index (χ4n) is 2.95. The Balaban J connectivity index is 1.97. The lowest BCUT2D eigenvalue weighted by molar-refractivity contribution is 0.246. The molecule has 1 fully saturated rings. The number of ether oxygens (including phenoxy) is 2. The molecule has 0 spiro atoms. The van der Waals surface area contributed by atoms with Crippen LogP contribution in [0.3, 0.4) is 0 Å². The van der Waals surface area contributed by atoms with Crippen LogP contribution in [-0.2, 0) is 0 Å². The molecular weight excluding hydrogens is 264 g/mol. The Morgan fingerprint density at radius 1 is 1.14 bits per heavy atom. The molecule has 0 aliphatic carbocycles. The van der Waals surface area contributed by atoms with Crippen LogP contribution in [-0.4, -0.2) is 44.8 Å². The van der Waals surface area contributed by atoms with Crippen molar-refractivity contribution in [2.24, 2.45) is 0 Å². The SMILES string of the molecule is COc1ccc(OC)c(C(C)NCC(C)N2CCCC2)c1. The van der Waals surface area contributed by atoms with Gasteiger partial charge in [-0.1, -0.05) is 0 Å². The van der Waals surface area contributed by atoms with Gasteiger partial charge in [0.25, 0.3) is 0 Å². The Kier molecular flexibility index (Phi) is 5.88. The Hall–Kier alpha value is -1.26. The molecule has 1 aliphatic heterocycles. The van der Waals surface area contributed by atoms with E-state index in [0.29, 0.717) is 6.04 Å². The van der Waals surface area contributed by atoms with E-state index in [1.807, 2.05) is 12.1 Å². The lowest BCUT2D eigenvalue weighted by atomic mass is 10.1. The number of nitrogens with one attached hydrogen (secondary N) is 1. The van der Waals surface area contributed by atoms with Gasteiger partial charge in [0, 0.05) is 24.2 Å². The predicted molar refractivity (Wildman–Crippen MR) is 86.2 cm³/mol. The van der Waals surface area contributed by atoms with E-state index in [0.717, 1.165) is 23.6 Å². The van der Waals surface area contributed by atoms with Crippen LogP contribution in [0.2, 0.25) is 0 Å². The third-order valence-electron chi connectivity index (χ3n) is 4.39. The molecule has 0 bridgehead atoms. The molecule has 0 saturated carbocycles. The van der Waals surface area contributed by atoms with E-state index in [4.69, 9.17) is 9.47 Å². The van der Waals surface area contributed by atoms with Gasteiger partial charge in [0.05, 0.1) is 14.2 Å². The third kappa shape index (κ3) is 4.11. The molecule has 2 rings (SSSR count). The average Bonchev–Trinajstić information content (AvgIpc) is 3.06. The minimum atomic E-state index is 0.236. The summed E-state index contributed by atoms with van der Waals surface area (Å²) in [7, 11) is 3.41. The van der Waals surface area contributed by atoms with Gasteiger partial charge >= 0.3 is 0 Å². The van der Waals surface area contributed by atoms with Crippen LogP contribution in [0, 0.1) is 0 Å². The van der Waals surface area contributed by atoms with Crippen LogP contribution < -0.4 is 14.8 Å². The first-order chi connectivity index (χ1) is 10.2. The second-order valence-corrected chi connectivity index (χ2v) is 5.83. The summed E-state index contributed by atoms with van der Waals surface area (Å²) in [5, 5.41) is 3.62. The summed E-state index contributed by atoms with van der Waals surface area (Å²) < 4.78 is 10.8. The maximum Gasteiger partial charge on any atom is 0.123 e. The summed E-state index contributed by atoms with van der Waals surface area (Å²) in [6.07, 6.45) is 2.67. The zero-order chi connectivity index (χ0) is 15.2. The van der Waals surface area contributed by atoms with Gasteiger partial charge in [-0.05, 0) is 58.0 Å². The van der Waals surface area contributed by atoms with Gasteiger partial charge in [-0.2, -0.15) is 0 Å². The van der Waals surface area contributed by atoms with Crippen LogP contribution in [0.4, 0.5) is 0 Å². The summed E-state index contributed by atoms with van der Waals surface area (Å²) in [6.45, 7) is 7.93. The second kappa shape index (κ2) is 7.66. The van der Waals surface area contributed by atoms with E-state index in [1.165, 1.54) is 25.9 Å². The highest BCUT2D eigenvalue weighted by Crippen LogP contribution is 2.29. The van der Waals surface area contributed by atoms with Crippen molar-refractivity contribution in [1.82, 2.24) is 10.2 Å². The van der Waals surface area contributed by atoms with Crippen molar-refractivity contribution in [3.63, 3.8) is 0 Å². The molecule has 2 unspecified atom stereocenters. The molecule has 1 N–H and O–H groups in total. The largest absolute Gasteiger partial charge is 0.497 e. The Morgan fingerprint density at radius 3 is 2.48 bits per heavy atom. The van der Waals surface area contributed by atoms with Crippen molar-refractivity contribution >= 4 is 0 Å². The van der Waals surface area contributed by atoms with E-state index < -0.39 is 0 Å². The Labute approximate surface area is 128 Å². The smallest absolute Gasteiger partial charge is 0.123 e. The maximum absolute atomic E-state index is 5.47. The highest BCUT2D eigenvalue weighted by molar-refractivity contribution is 5.42. The number of hydrogen-bond acceptors (Lipinski definition) is 4. The normalized spacial score (nSPS) is 18.5. The van der Waals surface area contributed by atoms with Crippen molar-refractivity contribution in [3.05, 3.63) is 23.8 Å². The van der Waals surface area contributed by atoms with Crippen LogP contribution in [0.1, 0.15) is 38.3 Å². The van der Waals surface area contributed by atoms with Gasteiger partial charge in [-0.3, -0.25) is 4.90 Å². The molecule has 118 valence electrons. The lowest BCUT2D eigenvalue weighted by Gasteiger charge is -2.26.